The fraction of sp³-hybridized carbons (Fsp3) is 0.500. The predicted octanol–water partition coefficient (Wildman–Crippen LogP) is 1.23. The van der Waals surface area contributed by atoms with Gasteiger partial charge >= 0.3 is 0 Å². The van der Waals surface area contributed by atoms with Gasteiger partial charge in [-0.05, 0) is 6.92 Å². The molecule has 0 aliphatic heterocycles. The van der Waals surface area contributed by atoms with E-state index in [1.54, 1.807) is 10.9 Å². The topological polar surface area (TPSA) is 43.8 Å². The Morgan fingerprint density at radius 1 is 1.73 bits per heavy atom. The van der Waals surface area contributed by atoms with Crippen molar-refractivity contribution < 1.29 is 0 Å². The number of aromatic nitrogens is 2. The highest BCUT2D eigenvalue weighted by atomic mass is 35.5. The maximum atomic E-state index is 5.74. The van der Waals surface area contributed by atoms with Gasteiger partial charge in [0.25, 0.3) is 0 Å². The Labute approximate surface area is 76.9 Å². The lowest BCUT2D eigenvalue weighted by Gasteiger charge is -1.99. The molecule has 0 spiro atoms. The lowest BCUT2D eigenvalue weighted by atomic mass is 10.5. The normalized spacial score (nSPS) is 9.36. The van der Waals surface area contributed by atoms with Crippen molar-refractivity contribution in [2.45, 2.75) is 13.5 Å². The number of hydrogen-bond acceptors (Lipinski definition) is 2. The molecule has 2 N–H and O–H groups in total. The quantitative estimate of drug-likeness (QED) is 0.772. The molecule has 5 heteroatoms. The van der Waals surface area contributed by atoms with Gasteiger partial charge < -0.3 is 5.73 Å². The van der Waals surface area contributed by atoms with Gasteiger partial charge in [0.15, 0.2) is 0 Å². The second kappa shape index (κ2) is 4.59. The molecule has 1 aromatic rings. The minimum Gasteiger partial charge on any atom is -0.329 e. The average molecular weight is 196 g/mol. The zero-order chi connectivity index (χ0) is 7.56. The number of rotatable bonds is 2. The van der Waals surface area contributed by atoms with Gasteiger partial charge in [0.2, 0.25) is 0 Å². The number of nitrogens with zero attached hydrogens (tertiary/aromatic N) is 2. The Morgan fingerprint density at radius 3 is 2.73 bits per heavy atom. The third-order valence-corrected chi connectivity index (χ3v) is 1.76. The molecule has 0 fully saturated rings. The molecule has 1 rings (SSSR count). The van der Waals surface area contributed by atoms with Crippen molar-refractivity contribution in [2.75, 3.05) is 6.54 Å². The molecule has 0 aliphatic carbocycles. The molecule has 11 heavy (non-hydrogen) atoms. The summed E-state index contributed by atoms with van der Waals surface area (Å²) in [6.45, 7) is 3.25. The molecule has 0 aliphatic rings. The van der Waals surface area contributed by atoms with Crippen LogP contribution >= 0.6 is 24.0 Å². The third kappa shape index (κ3) is 2.36. The Balaban J connectivity index is 0.000001000. The summed E-state index contributed by atoms with van der Waals surface area (Å²) in [5, 5.41) is 4.71. The van der Waals surface area contributed by atoms with Crippen LogP contribution in [0.25, 0.3) is 0 Å². The van der Waals surface area contributed by atoms with Crippen LogP contribution in [0.5, 0.6) is 0 Å². The second-order valence-electron chi connectivity index (χ2n) is 2.09. The molecule has 0 bridgehead atoms. The van der Waals surface area contributed by atoms with Crippen molar-refractivity contribution in [2.24, 2.45) is 5.73 Å². The molecule has 0 radical (unpaired) electrons. The van der Waals surface area contributed by atoms with Gasteiger partial charge in [-0.3, -0.25) is 4.68 Å². The highest BCUT2D eigenvalue weighted by Crippen LogP contribution is 2.12. The van der Waals surface area contributed by atoms with Crippen molar-refractivity contribution in [3.8, 4) is 0 Å². The average Bonchev–Trinajstić information content (AvgIpc) is 2.20. The zero-order valence-corrected chi connectivity index (χ0v) is 7.82. The Kier molecular flexibility index (Phi) is 4.49. The summed E-state index contributed by atoms with van der Waals surface area (Å²) in [5.41, 5.74) is 6.31. The van der Waals surface area contributed by atoms with E-state index in [9.17, 15) is 0 Å². The van der Waals surface area contributed by atoms with Crippen molar-refractivity contribution >= 4 is 24.0 Å². The van der Waals surface area contributed by atoms with Crippen LogP contribution in [-0.4, -0.2) is 16.3 Å². The monoisotopic (exact) mass is 195 g/mol. The van der Waals surface area contributed by atoms with Crippen LogP contribution in [-0.2, 0) is 6.54 Å². The summed E-state index contributed by atoms with van der Waals surface area (Å²) < 4.78 is 1.79. The smallest absolute Gasteiger partial charge is 0.0814 e. The Morgan fingerprint density at radius 2 is 2.36 bits per heavy atom. The third-order valence-electron chi connectivity index (χ3n) is 1.38. The highest BCUT2D eigenvalue weighted by molar-refractivity contribution is 6.31. The Hall–Kier alpha value is -0.250. The van der Waals surface area contributed by atoms with E-state index in [0.29, 0.717) is 11.6 Å². The minimum absolute atomic E-state index is 0. The van der Waals surface area contributed by atoms with Crippen LogP contribution in [0.1, 0.15) is 5.69 Å². The van der Waals surface area contributed by atoms with Crippen LogP contribution < -0.4 is 5.73 Å². The molecular formula is C6H11Cl2N3. The van der Waals surface area contributed by atoms with E-state index >= 15 is 0 Å². The number of nitrogens with two attached hydrogens (primary N) is 1. The predicted molar refractivity (Wildman–Crippen MR) is 48.3 cm³/mol. The maximum Gasteiger partial charge on any atom is 0.0814 e. The Bertz CT molecular complexity index is 222. The van der Waals surface area contributed by atoms with E-state index in [1.165, 1.54) is 0 Å². The lowest BCUT2D eigenvalue weighted by molar-refractivity contribution is 0.608. The van der Waals surface area contributed by atoms with E-state index in [4.69, 9.17) is 17.3 Å². The first kappa shape index (κ1) is 10.8. The van der Waals surface area contributed by atoms with Gasteiger partial charge in [0.05, 0.1) is 23.5 Å². The van der Waals surface area contributed by atoms with E-state index in [0.717, 1.165) is 12.2 Å². The number of hydrogen-bond donors (Lipinski definition) is 1. The van der Waals surface area contributed by atoms with Crippen LogP contribution in [0.4, 0.5) is 0 Å². The van der Waals surface area contributed by atoms with Gasteiger partial charge in [-0.15, -0.1) is 12.4 Å². The second-order valence-corrected chi connectivity index (χ2v) is 2.50. The molecule has 1 heterocycles. The number of halogens is 2. The molecule has 64 valence electrons. The first-order chi connectivity index (χ1) is 4.75. The molecule has 0 saturated heterocycles. The molecule has 0 saturated carbocycles. The van der Waals surface area contributed by atoms with E-state index in [1.807, 2.05) is 6.92 Å². The van der Waals surface area contributed by atoms with Gasteiger partial charge in [0.1, 0.15) is 0 Å². The van der Waals surface area contributed by atoms with E-state index in [2.05, 4.69) is 5.10 Å². The first-order valence-electron chi connectivity index (χ1n) is 3.13. The fourth-order valence-electron chi connectivity index (χ4n) is 0.771. The van der Waals surface area contributed by atoms with Crippen molar-refractivity contribution in [1.29, 1.82) is 0 Å². The van der Waals surface area contributed by atoms with E-state index < -0.39 is 0 Å². The van der Waals surface area contributed by atoms with E-state index in [-0.39, 0.29) is 12.4 Å². The van der Waals surface area contributed by atoms with Crippen LogP contribution in [0.2, 0.25) is 5.02 Å². The minimum atomic E-state index is 0. The summed E-state index contributed by atoms with van der Waals surface area (Å²) >= 11 is 5.74. The summed E-state index contributed by atoms with van der Waals surface area (Å²) in [4.78, 5) is 0. The molecular weight excluding hydrogens is 185 g/mol. The van der Waals surface area contributed by atoms with Crippen molar-refractivity contribution in [3.63, 3.8) is 0 Å². The fourth-order valence-corrected chi connectivity index (χ4v) is 0.913. The van der Waals surface area contributed by atoms with Crippen LogP contribution in [0.3, 0.4) is 0 Å². The standard InChI is InChI=1S/C6H10ClN3.ClH/c1-5-6(7)4-9-10(5)3-2-8;/h4H,2-3,8H2,1H3;1H. The molecule has 1 aromatic heterocycles. The first-order valence-corrected chi connectivity index (χ1v) is 3.51. The highest BCUT2D eigenvalue weighted by Gasteiger charge is 2.00. The summed E-state index contributed by atoms with van der Waals surface area (Å²) in [7, 11) is 0. The summed E-state index contributed by atoms with van der Waals surface area (Å²) in [5.74, 6) is 0. The van der Waals surface area contributed by atoms with Gasteiger partial charge in [-0.25, -0.2) is 0 Å². The SMILES string of the molecule is Cc1c(Cl)cnn1CCN.Cl. The molecule has 3 nitrogen and oxygen atoms in total. The molecule has 0 amide bonds. The van der Waals surface area contributed by atoms with Crippen LogP contribution in [0, 0.1) is 6.92 Å². The zero-order valence-electron chi connectivity index (χ0n) is 6.25. The molecule has 0 aromatic carbocycles. The largest absolute Gasteiger partial charge is 0.329 e. The summed E-state index contributed by atoms with van der Waals surface area (Å²) in [6.07, 6.45) is 1.63. The van der Waals surface area contributed by atoms with Gasteiger partial charge in [-0.1, -0.05) is 11.6 Å². The van der Waals surface area contributed by atoms with Crippen molar-refractivity contribution in [3.05, 3.63) is 16.9 Å². The van der Waals surface area contributed by atoms with Gasteiger partial charge in [-0.2, -0.15) is 5.10 Å². The lowest BCUT2D eigenvalue weighted by Crippen LogP contribution is -2.11. The molecule has 0 atom stereocenters. The van der Waals surface area contributed by atoms with Crippen LogP contribution in [0.15, 0.2) is 6.20 Å². The molecule has 0 unspecified atom stereocenters. The summed E-state index contributed by atoms with van der Waals surface area (Å²) in [6, 6.07) is 0. The van der Waals surface area contributed by atoms with Crippen molar-refractivity contribution in [1.82, 2.24) is 9.78 Å². The maximum absolute atomic E-state index is 5.74. The van der Waals surface area contributed by atoms with Gasteiger partial charge in [0, 0.05) is 6.54 Å².